The molecule has 0 amide bonds. The Labute approximate surface area is 103 Å². The zero-order chi connectivity index (χ0) is 12.1. The molecule has 0 saturated carbocycles. The monoisotopic (exact) mass is 241 g/mol. The Morgan fingerprint density at radius 3 is 2.62 bits per heavy atom. The third-order valence-electron chi connectivity index (χ3n) is 2.87. The quantitative estimate of drug-likeness (QED) is 0.742. The molecule has 0 N–H and O–H groups in total. The molecule has 1 rings (SSSR count). The van der Waals surface area contributed by atoms with Crippen LogP contribution in [0.25, 0.3) is 0 Å². The van der Waals surface area contributed by atoms with Gasteiger partial charge in [-0.15, -0.1) is 0 Å². The van der Waals surface area contributed by atoms with Crippen molar-refractivity contribution in [2.45, 2.75) is 33.6 Å². The lowest BCUT2D eigenvalue weighted by atomic mass is 10.1. The van der Waals surface area contributed by atoms with Gasteiger partial charge in [-0.1, -0.05) is 38.8 Å². The molecule has 0 aliphatic heterocycles. The summed E-state index contributed by atoms with van der Waals surface area (Å²) in [5, 5.41) is 0.573. The van der Waals surface area contributed by atoms with Gasteiger partial charge in [0.15, 0.2) is 0 Å². The van der Waals surface area contributed by atoms with Crippen molar-refractivity contribution in [1.82, 2.24) is 9.97 Å². The van der Waals surface area contributed by atoms with Gasteiger partial charge in [0.1, 0.15) is 17.3 Å². The van der Waals surface area contributed by atoms with Gasteiger partial charge in [-0.2, -0.15) is 0 Å². The van der Waals surface area contributed by atoms with Crippen molar-refractivity contribution in [3.63, 3.8) is 0 Å². The average Bonchev–Trinajstić information content (AvgIpc) is 2.28. The molecule has 0 aliphatic rings. The van der Waals surface area contributed by atoms with E-state index in [0.29, 0.717) is 11.1 Å². The molecule has 1 heterocycles. The minimum atomic E-state index is 0.573. The van der Waals surface area contributed by atoms with E-state index in [1.807, 2.05) is 0 Å². The molecule has 16 heavy (non-hydrogen) atoms. The van der Waals surface area contributed by atoms with Crippen LogP contribution in [0.1, 0.15) is 32.8 Å². The van der Waals surface area contributed by atoms with Crippen LogP contribution in [0.15, 0.2) is 6.33 Å². The van der Waals surface area contributed by atoms with E-state index in [9.17, 15) is 0 Å². The summed E-state index contributed by atoms with van der Waals surface area (Å²) in [6.45, 7) is 7.51. The molecule has 0 aromatic carbocycles. The first-order valence-corrected chi connectivity index (χ1v) is 6.18. The highest BCUT2D eigenvalue weighted by Gasteiger charge is 2.13. The fourth-order valence-electron chi connectivity index (χ4n) is 1.70. The van der Waals surface area contributed by atoms with Gasteiger partial charge >= 0.3 is 0 Å². The maximum absolute atomic E-state index is 6.07. The molecule has 0 radical (unpaired) electrons. The Balaban J connectivity index is 2.90. The fraction of sp³-hybridized carbons (Fsp3) is 0.667. The van der Waals surface area contributed by atoms with E-state index in [1.54, 1.807) is 0 Å². The van der Waals surface area contributed by atoms with Crippen molar-refractivity contribution in [3.8, 4) is 0 Å². The van der Waals surface area contributed by atoms with E-state index in [0.717, 1.165) is 24.3 Å². The predicted molar refractivity (Wildman–Crippen MR) is 69.1 cm³/mol. The van der Waals surface area contributed by atoms with Crippen molar-refractivity contribution >= 4 is 17.4 Å². The first-order valence-electron chi connectivity index (χ1n) is 5.80. The van der Waals surface area contributed by atoms with Gasteiger partial charge in [-0.25, -0.2) is 9.97 Å². The topological polar surface area (TPSA) is 29.0 Å². The lowest BCUT2D eigenvalue weighted by Gasteiger charge is -2.23. The summed E-state index contributed by atoms with van der Waals surface area (Å²) in [4.78, 5) is 10.5. The Morgan fingerprint density at radius 1 is 1.38 bits per heavy atom. The van der Waals surface area contributed by atoms with Gasteiger partial charge < -0.3 is 4.90 Å². The molecule has 1 aromatic rings. The summed E-state index contributed by atoms with van der Waals surface area (Å²) in [5.74, 6) is 1.62. The molecule has 0 spiro atoms. The molecule has 0 fully saturated rings. The van der Waals surface area contributed by atoms with Crippen LogP contribution in [-0.2, 0) is 6.42 Å². The fourth-order valence-corrected chi connectivity index (χ4v) is 1.96. The molecule has 1 atom stereocenters. The van der Waals surface area contributed by atoms with Crippen LogP contribution < -0.4 is 4.90 Å². The van der Waals surface area contributed by atoms with Gasteiger partial charge in [0.25, 0.3) is 0 Å². The normalized spacial score (nSPS) is 12.6. The van der Waals surface area contributed by atoms with Crippen LogP contribution in [0.2, 0.25) is 5.15 Å². The van der Waals surface area contributed by atoms with Crippen LogP contribution in [0.5, 0.6) is 0 Å². The van der Waals surface area contributed by atoms with E-state index in [4.69, 9.17) is 11.6 Å². The molecule has 90 valence electrons. The number of aromatic nitrogens is 2. The van der Waals surface area contributed by atoms with Crippen LogP contribution in [0.3, 0.4) is 0 Å². The van der Waals surface area contributed by atoms with Gasteiger partial charge in [0.05, 0.1) is 0 Å². The van der Waals surface area contributed by atoms with Crippen LogP contribution in [0.4, 0.5) is 5.82 Å². The highest BCUT2D eigenvalue weighted by molar-refractivity contribution is 6.30. The van der Waals surface area contributed by atoms with Crippen LogP contribution >= 0.6 is 11.6 Å². The molecule has 0 saturated heterocycles. The number of hydrogen-bond acceptors (Lipinski definition) is 3. The Hall–Kier alpha value is -0.830. The first kappa shape index (κ1) is 13.2. The maximum Gasteiger partial charge on any atom is 0.137 e. The summed E-state index contributed by atoms with van der Waals surface area (Å²) in [6, 6.07) is 0. The van der Waals surface area contributed by atoms with Gasteiger partial charge in [0, 0.05) is 19.2 Å². The van der Waals surface area contributed by atoms with Crippen molar-refractivity contribution in [3.05, 3.63) is 17.0 Å². The number of hydrogen-bond donors (Lipinski definition) is 0. The van der Waals surface area contributed by atoms with Gasteiger partial charge in [-0.05, 0) is 12.3 Å². The summed E-state index contributed by atoms with van der Waals surface area (Å²) in [6.07, 6.45) is 3.56. The average molecular weight is 242 g/mol. The predicted octanol–water partition coefficient (Wildman–Crippen LogP) is 3.17. The van der Waals surface area contributed by atoms with E-state index in [2.05, 4.69) is 42.7 Å². The third-order valence-corrected chi connectivity index (χ3v) is 3.19. The van der Waals surface area contributed by atoms with E-state index >= 15 is 0 Å². The van der Waals surface area contributed by atoms with Gasteiger partial charge in [0.2, 0.25) is 0 Å². The molecular formula is C12H20ClN3. The molecule has 3 nitrogen and oxygen atoms in total. The highest BCUT2D eigenvalue weighted by atomic mass is 35.5. The largest absolute Gasteiger partial charge is 0.359 e. The summed E-state index contributed by atoms with van der Waals surface area (Å²) in [7, 11) is 2.06. The lowest BCUT2D eigenvalue weighted by Crippen LogP contribution is -2.25. The number of anilines is 1. The lowest BCUT2D eigenvalue weighted by molar-refractivity contribution is 0.556. The second kappa shape index (κ2) is 6.04. The number of halogens is 1. The molecule has 0 bridgehead atoms. The van der Waals surface area contributed by atoms with E-state index < -0.39 is 0 Å². The molecule has 1 unspecified atom stereocenters. The molecule has 1 aromatic heterocycles. The number of nitrogens with zero attached hydrogens (tertiary/aromatic N) is 3. The van der Waals surface area contributed by atoms with Crippen LogP contribution in [-0.4, -0.2) is 23.6 Å². The Morgan fingerprint density at radius 2 is 2.06 bits per heavy atom. The Bertz CT molecular complexity index is 341. The minimum absolute atomic E-state index is 0.573. The zero-order valence-corrected chi connectivity index (χ0v) is 11.3. The summed E-state index contributed by atoms with van der Waals surface area (Å²) >= 11 is 6.07. The van der Waals surface area contributed by atoms with Crippen molar-refractivity contribution < 1.29 is 0 Å². The first-order chi connectivity index (χ1) is 7.60. The smallest absolute Gasteiger partial charge is 0.137 e. The maximum atomic E-state index is 6.07. The van der Waals surface area contributed by atoms with Crippen molar-refractivity contribution in [2.24, 2.45) is 5.92 Å². The SMILES string of the molecule is CCc1c(Cl)ncnc1N(C)CC(C)CC. The molecule has 0 aliphatic carbocycles. The minimum Gasteiger partial charge on any atom is -0.359 e. The van der Waals surface area contributed by atoms with E-state index in [1.165, 1.54) is 12.7 Å². The van der Waals surface area contributed by atoms with E-state index in [-0.39, 0.29) is 0 Å². The number of rotatable bonds is 5. The molecule has 4 heteroatoms. The summed E-state index contributed by atoms with van der Waals surface area (Å²) < 4.78 is 0. The van der Waals surface area contributed by atoms with Crippen molar-refractivity contribution in [2.75, 3.05) is 18.5 Å². The summed E-state index contributed by atoms with van der Waals surface area (Å²) in [5.41, 5.74) is 1.04. The second-order valence-electron chi connectivity index (χ2n) is 4.21. The van der Waals surface area contributed by atoms with Crippen LogP contribution in [0, 0.1) is 5.92 Å². The van der Waals surface area contributed by atoms with Gasteiger partial charge in [-0.3, -0.25) is 0 Å². The Kier molecular flexibility index (Phi) is 5.00. The third kappa shape index (κ3) is 3.08. The zero-order valence-electron chi connectivity index (χ0n) is 10.5. The second-order valence-corrected chi connectivity index (χ2v) is 4.57. The standard InChI is InChI=1S/C12H20ClN3/c1-5-9(3)7-16(4)12-10(6-2)11(13)14-8-15-12/h8-9H,5-7H2,1-4H3. The highest BCUT2D eigenvalue weighted by Crippen LogP contribution is 2.23. The molecular weight excluding hydrogens is 222 g/mol. The van der Waals surface area contributed by atoms with Crippen molar-refractivity contribution in [1.29, 1.82) is 0 Å².